The molecule has 0 radical (unpaired) electrons. The maximum absolute atomic E-state index is 13.1. The smallest absolute Gasteiger partial charge is 0.288 e. The van der Waals surface area contributed by atoms with E-state index in [0.717, 1.165) is 0 Å². The molecule has 1 amide bonds. The van der Waals surface area contributed by atoms with E-state index in [1.165, 1.54) is 19.2 Å². The number of amides is 1. The molecule has 0 spiro atoms. The standard InChI is InChI=1S/C19H17ClN4O4S/c1-10-16(18(25)22-12-4-3-5-13(9-12)28-2)17(23-19(29)21-10)11-6-7-14(20)15(8-11)24(26)27/h3-9,17H,1-2H3,(H,22,25)(H2,21,23,29). The van der Waals surface area contributed by atoms with Crippen molar-refractivity contribution < 1.29 is 14.5 Å². The van der Waals surface area contributed by atoms with Gasteiger partial charge in [0.1, 0.15) is 10.8 Å². The Morgan fingerprint density at radius 3 is 2.76 bits per heavy atom. The zero-order valence-electron chi connectivity index (χ0n) is 15.5. The Bertz CT molecular complexity index is 1040. The molecule has 3 rings (SSSR count). The van der Waals surface area contributed by atoms with Crippen LogP contribution in [0.25, 0.3) is 0 Å². The number of hydrogen-bond donors (Lipinski definition) is 3. The lowest BCUT2D eigenvalue weighted by molar-refractivity contribution is -0.384. The van der Waals surface area contributed by atoms with Crippen LogP contribution in [0.5, 0.6) is 5.75 Å². The van der Waals surface area contributed by atoms with Crippen molar-refractivity contribution in [2.75, 3.05) is 12.4 Å². The first kappa shape index (κ1) is 20.6. The van der Waals surface area contributed by atoms with Gasteiger partial charge in [-0.15, -0.1) is 0 Å². The van der Waals surface area contributed by atoms with Crippen LogP contribution in [0, 0.1) is 10.1 Å². The molecule has 8 nitrogen and oxygen atoms in total. The molecule has 29 heavy (non-hydrogen) atoms. The lowest BCUT2D eigenvalue weighted by atomic mass is 9.94. The summed E-state index contributed by atoms with van der Waals surface area (Å²) < 4.78 is 5.17. The maximum Gasteiger partial charge on any atom is 0.288 e. The second-order valence-electron chi connectivity index (χ2n) is 6.22. The minimum absolute atomic E-state index is 0.0124. The van der Waals surface area contributed by atoms with E-state index in [-0.39, 0.29) is 16.6 Å². The number of benzene rings is 2. The number of halogens is 1. The van der Waals surface area contributed by atoms with Crippen molar-refractivity contribution in [1.29, 1.82) is 0 Å². The monoisotopic (exact) mass is 432 g/mol. The van der Waals surface area contributed by atoms with Crippen molar-refractivity contribution in [3.05, 3.63) is 74.4 Å². The summed E-state index contributed by atoms with van der Waals surface area (Å²) in [4.78, 5) is 23.8. The summed E-state index contributed by atoms with van der Waals surface area (Å²) in [5.41, 5.74) is 1.67. The van der Waals surface area contributed by atoms with Gasteiger partial charge in [0.25, 0.3) is 11.6 Å². The Kier molecular flexibility index (Phi) is 6.00. The second kappa shape index (κ2) is 8.46. The van der Waals surface area contributed by atoms with E-state index in [0.29, 0.717) is 33.4 Å². The maximum atomic E-state index is 13.1. The third-order valence-corrected chi connectivity index (χ3v) is 4.88. The van der Waals surface area contributed by atoms with Gasteiger partial charge in [-0.1, -0.05) is 23.7 Å². The number of carbonyl (C=O) groups is 1. The van der Waals surface area contributed by atoms with Gasteiger partial charge in [0.2, 0.25) is 0 Å². The van der Waals surface area contributed by atoms with E-state index in [4.69, 9.17) is 28.6 Å². The molecule has 1 aliphatic heterocycles. The minimum Gasteiger partial charge on any atom is -0.497 e. The number of anilines is 1. The molecule has 1 atom stereocenters. The zero-order chi connectivity index (χ0) is 21.1. The summed E-state index contributed by atoms with van der Waals surface area (Å²) in [5, 5.41) is 20.3. The molecule has 2 aromatic rings. The summed E-state index contributed by atoms with van der Waals surface area (Å²) >= 11 is 11.1. The van der Waals surface area contributed by atoms with Crippen LogP contribution in [0.4, 0.5) is 11.4 Å². The molecule has 1 aliphatic rings. The molecule has 10 heteroatoms. The van der Waals surface area contributed by atoms with E-state index < -0.39 is 11.0 Å². The molecular formula is C19H17ClN4O4S. The third kappa shape index (κ3) is 4.47. The van der Waals surface area contributed by atoms with Gasteiger partial charge in [-0.3, -0.25) is 14.9 Å². The van der Waals surface area contributed by atoms with Gasteiger partial charge in [0, 0.05) is 23.5 Å². The molecule has 0 aliphatic carbocycles. The number of nitrogens with one attached hydrogen (secondary N) is 3. The van der Waals surface area contributed by atoms with Crippen molar-refractivity contribution in [3.8, 4) is 5.75 Å². The quantitative estimate of drug-likeness (QED) is 0.376. The summed E-state index contributed by atoms with van der Waals surface area (Å²) in [5.74, 6) is 0.209. The highest BCUT2D eigenvalue weighted by Gasteiger charge is 2.31. The van der Waals surface area contributed by atoms with Gasteiger partial charge < -0.3 is 20.7 Å². The summed E-state index contributed by atoms with van der Waals surface area (Å²) in [6, 6.07) is 10.6. The molecule has 0 bridgehead atoms. The van der Waals surface area contributed by atoms with Crippen LogP contribution < -0.4 is 20.7 Å². The van der Waals surface area contributed by atoms with E-state index in [1.54, 1.807) is 37.3 Å². The lowest BCUT2D eigenvalue weighted by Gasteiger charge is -2.30. The SMILES string of the molecule is COc1cccc(NC(=O)C2=C(C)NC(=S)NC2c2ccc(Cl)c([N+](=O)[O-])c2)c1. The van der Waals surface area contributed by atoms with Crippen LogP contribution in [-0.2, 0) is 4.79 Å². The summed E-state index contributed by atoms with van der Waals surface area (Å²) in [6.07, 6.45) is 0. The first-order valence-corrected chi connectivity index (χ1v) is 9.26. The Hall–Kier alpha value is -3.17. The topological polar surface area (TPSA) is 106 Å². The van der Waals surface area contributed by atoms with E-state index >= 15 is 0 Å². The normalized spacial score (nSPS) is 16.0. The molecular weight excluding hydrogens is 416 g/mol. The van der Waals surface area contributed by atoms with Crippen LogP contribution >= 0.6 is 23.8 Å². The number of nitrogens with zero attached hydrogens (tertiary/aromatic N) is 1. The number of hydrogen-bond acceptors (Lipinski definition) is 5. The Balaban J connectivity index is 1.99. The van der Waals surface area contributed by atoms with E-state index in [9.17, 15) is 14.9 Å². The molecule has 2 aromatic carbocycles. The number of nitro groups is 1. The summed E-state index contributed by atoms with van der Waals surface area (Å²) in [7, 11) is 1.53. The predicted molar refractivity (Wildman–Crippen MR) is 114 cm³/mol. The zero-order valence-corrected chi connectivity index (χ0v) is 17.1. The van der Waals surface area contributed by atoms with Crippen LogP contribution in [0.15, 0.2) is 53.7 Å². The van der Waals surface area contributed by atoms with Gasteiger partial charge in [-0.05, 0) is 42.9 Å². The van der Waals surface area contributed by atoms with Crippen LogP contribution in [-0.4, -0.2) is 23.1 Å². The Morgan fingerprint density at radius 1 is 1.31 bits per heavy atom. The molecule has 0 saturated heterocycles. The van der Waals surface area contributed by atoms with Crippen LogP contribution in [0.3, 0.4) is 0 Å². The van der Waals surface area contributed by atoms with E-state index in [2.05, 4.69) is 16.0 Å². The van der Waals surface area contributed by atoms with Gasteiger partial charge >= 0.3 is 0 Å². The molecule has 0 aromatic heterocycles. The Labute approximate surface area is 177 Å². The number of allylic oxidation sites excluding steroid dienone is 1. The summed E-state index contributed by atoms with van der Waals surface area (Å²) in [6.45, 7) is 1.71. The minimum atomic E-state index is -0.690. The third-order valence-electron chi connectivity index (χ3n) is 4.34. The molecule has 1 unspecified atom stereocenters. The van der Waals surface area contributed by atoms with Gasteiger partial charge in [-0.2, -0.15) is 0 Å². The van der Waals surface area contributed by atoms with Crippen molar-refractivity contribution in [2.45, 2.75) is 13.0 Å². The second-order valence-corrected chi connectivity index (χ2v) is 7.04. The molecule has 1 heterocycles. The highest BCUT2D eigenvalue weighted by atomic mass is 35.5. The number of methoxy groups -OCH3 is 1. The lowest BCUT2D eigenvalue weighted by Crippen LogP contribution is -2.45. The molecule has 0 fully saturated rings. The predicted octanol–water partition coefficient (Wildman–Crippen LogP) is 3.69. The van der Waals surface area contributed by atoms with Crippen LogP contribution in [0.2, 0.25) is 5.02 Å². The van der Waals surface area contributed by atoms with Gasteiger partial charge in [0.05, 0.1) is 23.6 Å². The first-order valence-electron chi connectivity index (χ1n) is 8.47. The number of thiocarbonyl (C=S) groups is 1. The first-order chi connectivity index (χ1) is 13.8. The van der Waals surface area contributed by atoms with Crippen LogP contribution in [0.1, 0.15) is 18.5 Å². The van der Waals surface area contributed by atoms with Gasteiger partial charge in [0.15, 0.2) is 5.11 Å². The van der Waals surface area contributed by atoms with Gasteiger partial charge in [-0.25, -0.2) is 0 Å². The number of nitro benzene ring substituents is 1. The molecule has 0 saturated carbocycles. The average Bonchev–Trinajstić information content (AvgIpc) is 2.67. The highest BCUT2D eigenvalue weighted by molar-refractivity contribution is 7.80. The fourth-order valence-corrected chi connectivity index (χ4v) is 3.45. The molecule has 150 valence electrons. The Morgan fingerprint density at radius 2 is 2.07 bits per heavy atom. The highest BCUT2D eigenvalue weighted by Crippen LogP contribution is 2.33. The number of ether oxygens (including phenoxy) is 1. The number of carbonyl (C=O) groups excluding carboxylic acids is 1. The average molecular weight is 433 g/mol. The van der Waals surface area contributed by atoms with Crippen molar-refractivity contribution in [2.24, 2.45) is 0 Å². The van der Waals surface area contributed by atoms with Crippen molar-refractivity contribution in [1.82, 2.24) is 10.6 Å². The van der Waals surface area contributed by atoms with E-state index in [1.807, 2.05) is 0 Å². The molecule has 3 N–H and O–H groups in total. The van der Waals surface area contributed by atoms with Crippen molar-refractivity contribution in [3.63, 3.8) is 0 Å². The van der Waals surface area contributed by atoms with Crippen molar-refractivity contribution >= 4 is 46.2 Å². The fraction of sp³-hybridized carbons (Fsp3) is 0.158. The fourth-order valence-electron chi connectivity index (χ4n) is 2.99. The number of rotatable bonds is 5. The largest absolute Gasteiger partial charge is 0.497 e.